The second-order valence-electron chi connectivity index (χ2n) is 9.27. The summed E-state index contributed by atoms with van der Waals surface area (Å²) in [4.78, 5) is 22.2. The van der Waals surface area contributed by atoms with Gasteiger partial charge < -0.3 is 20.3 Å². The third kappa shape index (κ3) is 9.28. The molecule has 0 aliphatic rings. The summed E-state index contributed by atoms with van der Waals surface area (Å²) in [5.41, 5.74) is 3.88. The summed E-state index contributed by atoms with van der Waals surface area (Å²) in [6.45, 7) is 0.882. The quantitative estimate of drug-likeness (QED) is 0.116. The van der Waals surface area contributed by atoms with Crippen LogP contribution < -0.4 is 10.5 Å². The van der Waals surface area contributed by atoms with Gasteiger partial charge in [-0.05, 0) is 74.1 Å². The molecule has 0 saturated carbocycles. The zero-order valence-electron chi connectivity index (χ0n) is 21.1. The van der Waals surface area contributed by atoms with Gasteiger partial charge in [0.25, 0.3) is 0 Å². The number of halogens is 6. The number of phosphoric acid groups is 1. The van der Waals surface area contributed by atoms with Crippen molar-refractivity contribution < 1.29 is 50.0 Å². The second kappa shape index (κ2) is 12.6. The van der Waals surface area contributed by atoms with Crippen molar-refractivity contribution in [2.24, 2.45) is 5.73 Å². The van der Waals surface area contributed by atoms with Crippen LogP contribution in [0.5, 0.6) is 5.75 Å². The minimum absolute atomic E-state index is 0.0191. The van der Waals surface area contributed by atoms with E-state index in [0.717, 1.165) is 35.1 Å². The molecule has 220 valence electrons. The highest BCUT2D eigenvalue weighted by molar-refractivity contribution is 7.46. The average molecular weight is 613 g/mol. The number of rotatable bonds is 12. The van der Waals surface area contributed by atoms with Crippen LogP contribution in [0.25, 0.3) is 10.4 Å². The lowest BCUT2D eigenvalue weighted by molar-refractivity contribution is -0.139. The number of alkyl halides is 6. The third-order valence-electron chi connectivity index (χ3n) is 5.74. The Morgan fingerprint density at radius 1 is 0.975 bits per heavy atom. The van der Waals surface area contributed by atoms with Crippen LogP contribution in [0.1, 0.15) is 47.9 Å². The lowest BCUT2D eigenvalue weighted by Crippen LogP contribution is -2.37. The van der Waals surface area contributed by atoms with Gasteiger partial charge in [-0.1, -0.05) is 12.1 Å². The van der Waals surface area contributed by atoms with Crippen LogP contribution >= 0.6 is 19.2 Å². The summed E-state index contributed by atoms with van der Waals surface area (Å²) in [5, 5.41) is 0.209. The molecule has 1 heterocycles. The fourth-order valence-corrected chi connectivity index (χ4v) is 5.03. The smallest absolute Gasteiger partial charge is 0.469 e. The van der Waals surface area contributed by atoms with Gasteiger partial charge in [-0.15, -0.1) is 11.3 Å². The highest BCUT2D eigenvalue weighted by atomic mass is 32.1. The molecule has 0 saturated heterocycles. The van der Waals surface area contributed by atoms with Gasteiger partial charge in [0, 0.05) is 6.20 Å². The van der Waals surface area contributed by atoms with E-state index in [-0.39, 0.29) is 22.9 Å². The van der Waals surface area contributed by atoms with E-state index in [1.807, 2.05) is 0 Å². The van der Waals surface area contributed by atoms with Gasteiger partial charge in [0.15, 0.2) is 0 Å². The number of hydrogen-bond acceptors (Lipinski definition) is 6. The lowest BCUT2D eigenvalue weighted by Gasteiger charge is -2.21. The van der Waals surface area contributed by atoms with Crippen LogP contribution in [0.2, 0.25) is 0 Å². The number of unbranched alkanes of at least 4 members (excludes halogenated alkanes) is 2. The Balaban J connectivity index is 1.59. The molecule has 2 aromatic carbocycles. The number of benzene rings is 2. The van der Waals surface area contributed by atoms with Gasteiger partial charge in [-0.2, -0.15) is 26.3 Å². The minimum Gasteiger partial charge on any atom is -0.493 e. The van der Waals surface area contributed by atoms with Crippen molar-refractivity contribution in [2.45, 2.75) is 50.5 Å². The van der Waals surface area contributed by atoms with E-state index in [1.54, 1.807) is 0 Å². The van der Waals surface area contributed by atoms with E-state index < -0.39 is 43.4 Å². The summed E-state index contributed by atoms with van der Waals surface area (Å²) < 4.78 is 100. The van der Waals surface area contributed by atoms with Crippen LogP contribution in [0.15, 0.2) is 48.7 Å². The van der Waals surface area contributed by atoms with Crippen LogP contribution in [-0.2, 0) is 33.4 Å². The van der Waals surface area contributed by atoms with Crippen LogP contribution in [-0.4, -0.2) is 28.0 Å². The van der Waals surface area contributed by atoms with Crippen molar-refractivity contribution in [3.8, 4) is 16.2 Å². The number of thiazole rings is 1. The fourth-order valence-electron chi connectivity index (χ4n) is 3.63. The van der Waals surface area contributed by atoms with Gasteiger partial charge >= 0.3 is 20.2 Å². The predicted molar refractivity (Wildman–Crippen MR) is 137 cm³/mol. The lowest BCUT2D eigenvalue weighted by atomic mass is 10.1. The molecule has 4 N–H and O–H groups in total. The van der Waals surface area contributed by atoms with Gasteiger partial charge in [0.2, 0.25) is 0 Å². The molecular weight excluding hydrogens is 585 g/mol. The monoisotopic (exact) mass is 612 g/mol. The first-order valence-corrected chi connectivity index (χ1v) is 14.3. The van der Waals surface area contributed by atoms with Crippen LogP contribution in [0.3, 0.4) is 0 Å². The maximum Gasteiger partial charge on any atom is 0.469 e. The summed E-state index contributed by atoms with van der Waals surface area (Å²) in [6.07, 6.45) is -5.57. The number of hydrogen-bond donors (Lipinski definition) is 3. The summed E-state index contributed by atoms with van der Waals surface area (Å²) in [7, 11) is -4.78. The van der Waals surface area contributed by atoms with Crippen LogP contribution in [0, 0.1) is 0 Å². The molecule has 0 aliphatic carbocycles. The molecular formula is C25H27F6N2O5PS. The molecule has 0 spiro atoms. The molecule has 15 heteroatoms. The summed E-state index contributed by atoms with van der Waals surface area (Å²) in [5.74, 6) is -0.345. The van der Waals surface area contributed by atoms with Crippen molar-refractivity contribution in [2.75, 3.05) is 13.2 Å². The van der Waals surface area contributed by atoms with Crippen molar-refractivity contribution in [3.63, 3.8) is 0 Å². The molecule has 7 nitrogen and oxygen atoms in total. The molecule has 0 amide bonds. The van der Waals surface area contributed by atoms with Gasteiger partial charge in [0.1, 0.15) is 10.8 Å². The van der Waals surface area contributed by atoms with E-state index in [9.17, 15) is 30.9 Å². The molecule has 0 aliphatic heterocycles. The molecule has 0 bridgehead atoms. The number of phosphoric ester groups is 1. The topological polar surface area (TPSA) is 115 Å². The van der Waals surface area contributed by atoms with Crippen molar-refractivity contribution in [1.82, 2.24) is 4.98 Å². The first-order valence-electron chi connectivity index (χ1n) is 11.9. The van der Waals surface area contributed by atoms with E-state index in [4.69, 9.17) is 20.3 Å². The summed E-state index contributed by atoms with van der Waals surface area (Å²) >= 11 is 0.963. The molecule has 0 fully saturated rings. The first-order chi connectivity index (χ1) is 18.5. The summed E-state index contributed by atoms with van der Waals surface area (Å²) in [6, 6.07) is 8.42. The highest BCUT2D eigenvalue weighted by Crippen LogP contribution is 2.42. The van der Waals surface area contributed by atoms with Crippen LogP contribution in [0.4, 0.5) is 26.3 Å². The third-order valence-corrected chi connectivity index (χ3v) is 7.54. The Labute approximate surface area is 230 Å². The largest absolute Gasteiger partial charge is 0.493 e. The molecule has 40 heavy (non-hydrogen) atoms. The number of nitrogens with zero attached hydrogens (tertiary/aromatic N) is 1. The zero-order chi connectivity index (χ0) is 29.8. The van der Waals surface area contributed by atoms with E-state index >= 15 is 0 Å². The number of aryl methyl sites for hydroxylation is 1. The van der Waals surface area contributed by atoms with Gasteiger partial charge in [-0.3, -0.25) is 4.52 Å². The average Bonchev–Trinajstić information content (AvgIpc) is 3.35. The Kier molecular flexibility index (Phi) is 10.1. The molecule has 1 unspecified atom stereocenters. The Bertz CT molecular complexity index is 1320. The van der Waals surface area contributed by atoms with Gasteiger partial charge in [0.05, 0.1) is 34.8 Å². The van der Waals surface area contributed by atoms with E-state index in [2.05, 4.69) is 9.51 Å². The Morgan fingerprint density at radius 2 is 1.65 bits per heavy atom. The second-order valence-corrected chi connectivity index (χ2v) is 11.5. The molecule has 1 aromatic heterocycles. The van der Waals surface area contributed by atoms with E-state index in [0.29, 0.717) is 30.6 Å². The Morgan fingerprint density at radius 3 is 2.25 bits per heavy atom. The molecule has 0 radical (unpaired) electrons. The van der Waals surface area contributed by atoms with E-state index in [1.165, 1.54) is 37.4 Å². The number of ether oxygens (including phenoxy) is 1. The first kappa shape index (κ1) is 32.0. The standard InChI is InChI=1S/C25H27F6N2O5PS/c1-23(32,15-38-39(34,35)36)22-33-14-21(40-22)17-8-11-20(19(13-17)25(29,30)31)37-12-4-2-3-5-16-6-9-18(10-7-16)24(26,27)28/h6-11,13-14H,2-5,12,15,32H2,1H3,(H2,34,35,36). The highest BCUT2D eigenvalue weighted by Gasteiger charge is 2.35. The van der Waals surface area contributed by atoms with Crippen molar-refractivity contribution in [1.29, 1.82) is 0 Å². The number of nitrogens with two attached hydrogens (primary N) is 1. The van der Waals surface area contributed by atoms with Crippen molar-refractivity contribution >= 4 is 19.2 Å². The minimum atomic E-state index is -4.78. The fraction of sp³-hybridized carbons (Fsp3) is 0.400. The maximum atomic E-state index is 13.8. The molecule has 3 rings (SSSR count). The van der Waals surface area contributed by atoms with Crippen molar-refractivity contribution in [3.05, 3.63) is 70.4 Å². The zero-order valence-corrected chi connectivity index (χ0v) is 22.8. The molecule has 1 atom stereocenters. The number of aromatic nitrogens is 1. The normalized spacial score (nSPS) is 14.2. The maximum absolute atomic E-state index is 13.8. The molecule has 3 aromatic rings. The predicted octanol–water partition coefficient (Wildman–Crippen LogP) is 6.92. The Hall–Kier alpha value is -2.48. The SMILES string of the molecule is CC(N)(COP(=O)(O)O)c1ncc(-c2ccc(OCCCCCc3ccc(C(F)(F)F)cc3)c(C(F)(F)F)c2)s1. The van der Waals surface area contributed by atoms with Gasteiger partial charge in [-0.25, -0.2) is 9.55 Å².